The average Bonchev–Trinajstić information content (AvgIpc) is 3.45. The highest BCUT2D eigenvalue weighted by molar-refractivity contribution is 5.93. The molecule has 1 heterocycles. The first-order valence-electron chi connectivity index (χ1n) is 8.74. The smallest absolute Gasteiger partial charge is 0.330 e. The lowest BCUT2D eigenvalue weighted by molar-refractivity contribution is -0.139. The quantitative estimate of drug-likeness (QED) is 0.703. The van der Waals surface area contributed by atoms with Crippen molar-refractivity contribution in [3.8, 4) is 5.69 Å². The minimum absolute atomic E-state index is 0.0251. The maximum atomic E-state index is 12.7. The first-order valence-corrected chi connectivity index (χ1v) is 8.74. The third-order valence-electron chi connectivity index (χ3n) is 4.43. The number of para-hydroxylation sites is 1. The molecule has 1 aliphatic rings. The molecule has 0 radical (unpaired) electrons. The van der Waals surface area contributed by atoms with E-state index < -0.39 is 17.9 Å². The fourth-order valence-corrected chi connectivity index (χ4v) is 2.91. The maximum Gasteiger partial charge on any atom is 0.330 e. The molecule has 1 aromatic heterocycles. The van der Waals surface area contributed by atoms with Gasteiger partial charge < -0.3 is 10.4 Å². The molecule has 1 saturated carbocycles. The number of aromatic nitrogens is 3. The minimum Gasteiger partial charge on any atom is -0.479 e. The Morgan fingerprint density at radius 3 is 2.26 bits per heavy atom. The maximum absolute atomic E-state index is 12.7. The number of hydrogen-bond donors (Lipinski definition) is 2. The molecular formula is C20H18N4O3. The molecule has 0 aliphatic heterocycles. The van der Waals surface area contributed by atoms with Crippen LogP contribution in [0.25, 0.3) is 5.69 Å². The molecule has 2 aromatic carbocycles. The molecule has 7 nitrogen and oxygen atoms in total. The van der Waals surface area contributed by atoms with Crippen LogP contribution in [0.15, 0.2) is 60.7 Å². The molecule has 0 saturated heterocycles. The van der Waals surface area contributed by atoms with Crippen molar-refractivity contribution >= 4 is 11.9 Å². The van der Waals surface area contributed by atoms with E-state index in [-0.39, 0.29) is 11.7 Å². The van der Waals surface area contributed by atoms with Crippen LogP contribution in [0.4, 0.5) is 0 Å². The van der Waals surface area contributed by atoms with Gasteiger partial charge in [-0.25, -0.2) is 14.5 Å². The van der Waals surface area contributed by atoms with Crippen LogP contribution in [0.3, 0.4) is 0 Å². The number of carboxylic acids is 1. The van der Waals surface area contributed by atoms with E-state index in [2.05, 4.69) is 15.4 Å². The summed E-state index contributed by atoms with van der Waals surface area (Å²) in [5, 5.41) is 16.4. The third kappa shape index (κ3) is 3.57. The van der Waals surface area contributed by atoms with E-state index in [9.17, 15) is 14.7 Å². The molecule has 7 heteroatoms. The van der Waals surface area contributed by atoms with E-state index in [1.165, 1.54) is 0 Å². The third-order valence-corrected chi connectivity index (χ3v) is 4.43. The number of nitrogens with one attached hydrogen (secondary N) is 1. The first-order chi connectivity index (χ1) is 13.1. The van der Waals surface area contributed by atoms with Gasteiger partial charge in [-0.1, -0.05) is 48.5 Å². The minimum atomic E-state index is -1.16. The molecule has 1 amide bonds. The summed E-state index contributed by atoms with van der Waals surface area (Å²) in [4.78, 5) is 28.7. The monoisotopic (exact) mass is 362 g/mol. The van der Waals surface area contributed by atoms with Gasteiger partial charge in [-0.3, -0.25) is 4.79 Å². The van der Waals surface area contributed by atoms with Gasteiger partial charge in [0, 0.05) is 5.92 Å². The topological polar surface area (TPSA) is 97.1 Å². The Balaban J connectivity index is 1.63. The van der Waals surface area contributed by atoms with Gasteiger partial charge in [0.2, 0.25) is 5.82 Å². The highest BCUT2D eigenvalue weighted by atomic mass is 16.4. The molecule has 136 valence electrons. The lowest BCUT2D eigenvalue weighted by atomic mass is 10.1. The Morgan fingerprint density at radius 2 is 1.67 bits per heavy atom. The zero-order valence-corrected chi connectivity index (χ0v) is 14.4. The SMILES string of the molecule is O=C(NC(C(=O)O)c1ccccc1)c1nc(C2CC2)n(-c2ccccc2)n1. The van der Waals surface area contributed by atoms with Gasteiger partial charge in [-0.2, -0.15) is 0 Å². The molecule has 1 atom stereocenters. The molecule has 4 rings (SSSR count). The number of hydrogen-bond acceptors (Lipinski definition) is 4. The van der Waals surface area contributed by atoms with Crippen LogP contribution in [-0.4, -0.2) is 31.7 Å². The van der Waals surface area contributed by atoms with Gasteiger partial charge in [0.15, 0.2) is 6.04 Å². The highest BCUT2D eigenvalue weighted by Gasteiger charge is 2.32. The van der Waals surface area contributed by atoms with Crippen LogP contribution in [0.1, 0.15) is 46.8 Å². The first kappa shape index (κ1) is 17.0. The van der Waals surface area contributed by atoms with Crippen LogP contribution in [0.2, 0.25) is 0 Å². The van der Waals surface area contributed by atoms with Gasteiger partial charge in [0.1, 0.15) is 5.82 Å². The van der Waals surface area contributed by atoms with Crippen LogP contribution in [0, 0.1) is 0 Å². The highest BCUT2D eigenvalue weighted by Crippen LogP contribution is 2.39. The zero-order chi connectivity index (χ0) is 18.8. The number of rotatable bonds is 6. The van der Waals surface area contributed by atoms with Crippen molar-refractivity contribution < 1.29 is 14.7 Å². The molecule has 1 aliphatic carbocycles. The Bertz CT molecular complexity index is 965. The summed E-state index contributed by atoms with van der Waals surface area (Å²) in [6, 6.07) is 16.9. The zero-order valence-electron chi connectivity index (χ0n) is 14.4. The lowest BCUT2D eigenvalue weighted by Crippen LogP contribution is -2.34. The normalized spacial score (nSPS) is 14.5. The number of carboxylic acid groups (broad SMARTS) is 1. The van der Waals surface area contributed by atoms with E-state index in [1.807, 2.05) is 30.3 Å². The summed E-state index contributed by atoms with van der Waals surface area (Å²) < 4.78 is 1.67. The number of nitrogens with zero attached hydrogens (tertiary/aromatic N) is 3. The number of benzene rings is 2. The Labute approximate surface area is 155 Å². The van der Waals surface area contributed by atoms with Crippen molar-refractivity contribution in [3.05, 3.63) is 77.9 Å². The molecule has 1 unspecified atom stereocenters. The summed E-state index contributed by atoms with van der Waals surface area (Å²) in [6.45, 7) is 0. The fraction of sp³-hybridized carbons (Fsp3) is 0.200. The van der Waals surface area contributed by atoms with Crippen molar-refractivity contribution in [1.29, 1.82) is 0 Å². The van der Waals surface area contributed by atoms with Crippen LogP contribution in [-0.2, 0) is 4.79 Å². The number of carbonyl (C=O) groups is 2. The van der Waals surface area contributed by atoms with E-state index >= 15 is 0 Å². The Kier molecular flexibility index (Phi) is 4.42. The molecule has 3 aromatic rings. The van der Waals surface area contributed by atoms with E-state index in [4.69, 9.17) is 0 Å². The van der Waals surface area contributed by atoms with Crippen molar-refractivity contribution in [2.24, 2.45) is 0 Å². The van der Waals surface area contributed by atoms with Gasteiger partial charge in [-0.15, -0.1) is 5.10 Å². The van der Waals surface area contributed by atoms with E-state index in [0.29, 0.717) is 5.56 Å². The van der Waals surface area contributed by atoms with Gasteiger partial charge in [0.25, 0.3) is 5.91 Å². The Hall–Kier alpha value is -3.48. The summed E-state index contributed by atoms with van der Waals surface area (Å²) >= 11 is 0. The van der Waals surface area contributed by atoms with Crippen molar-refractivity contribution in [2.75, 3.05) is 0 Å². The largest absolute Gasteiger partial charge is 0.479 e. The van der Waals surface area contributed by atoms with Crippen LogP contribution in [0.5, 0.6) is 0 Å². The van der Waals surface area contributed by atoms with Gasteiger partial charge in [0.05, 0.1) is 5.69 Å². The summed E-state index contributed by atoms with van der Waals surface area (Å²) in [5.74, 6) is -0.758. The average molecular weight is 362 g/mol. The van der Waals surface area contributed by atoms with Crippen LogP contribution >= 0.6 is 0 Å². The molecule has 0 spiro atoms. The standard InChI is InChI=1S/C20H18N4O3/c25-19(21-16(20(26)27)13-7-3-1-4-8-13)17-22-18(14-11-12-14)24(23-17)15-9-5-2-6-10-15/h1-10,14,16H,11-12H2,(H,21,25)(H,26,27). The molecule has 27 heavy (non-hydrogen) atoms. The molecular weight excluding hydrogens is 344 g/mol. The second-order valence-corrected chi connectivity index (χ2v) is 6.47. The number of aliphatic carboxylic acids is 1. The molecule has 2 N–H and O–H groups in total. The lowest BCUT2D eigenvalue weighted by Gasteiger charge is -2.13. The second-order valence-electron chi connectivity index (χ2n) is 6.47. The van der Waals surface area contributed by atoms with E-state index in [1.54, 1.807) is 35.0 Å². The summed E-state index contributed by atoms with van der Waals surface area (Å²) in [5.41, 5.74) is 1.31. The predicted octanol–water partition coefficient (Wildman–Crippen LogP) is 2.70. The summed E-state index contributed by atoms with van der Waals surface area (Å²) in [6.07, 6.45) is 2.02. The molecule has 1 fully saturated rings. The van der Waals surface area contributed by atoms with Gasteiger partial charge in [-0.05, 0) is 30.5 Å². The molecule has 0 bridgehead atoms. The summed E-state index contributed by atoms with van der Waals surface area (Å²) in [7, 11) is 0. The number of carbonyl (C=O) groups excluding carboxylic acids is 1. The fourth-order valence-electron chi connectivity index (χ4n) is 2.91. The van der Waals surface area contributed by atoms with Crippen molar-refractivity contribution in [3.63, 3.8) is 0 Å². The predicted molar refractivity (Wildman–Crippen MR) is 97.6 cm³/mol. The Morgan fingerprint density at radius 1 is 1.04 bits per heavy atom. The van der Waals surface area contributed by atoms with Crippen molar-refractivity contribution in [1.82, 2.24) is 20.1 Å². The second kappa shape index (κ2) is 7.03. The number of amides is 1. The van der Waals surface area contributed by atoms with Crippen molar-refractivity contribution in [2.45, 2.75) is 24.8 Å². The van der Waals surface area contributed by atoms with Gasteiger partial charge >= 0.3 is 5.97 Å². The van der Waals surface area contributed by atoms with Crippen LogP contribution < -0.4 is 5.32 Å². The van der Waals surface area contributed by atoms with E-state index in [0.717, 1.165) is 24.4 Å².